The minimum absolute atomic E-state index is 0.196. The number of rotatable bonds is 4. The molecule has 0 aromatic heterocycles. The molecule has 1 aliphatic heterocycles. The van der Waals surface area contributed by atoms with Gasteiger partial charge in [0.1, 0.15) is 5.60 Å². The Morgan fingerprint density at radius 3 is 2.43 bits per heavy atom. The topological polar surface area (TPSA) is 66.0 Å². The zero-order chi connectivity index (χ0) is 17.5. The molecule has 0 aromatic rings. The molecular weight excluding hydrogens is 292 g/mol. The number of ether oxygens (including phenoxy) is 1. The van der Waals surface area contributed by atoms with Crippen LogP contribution in [0.2, 0.25) is 0 Å². The highest BCUT2D eigenvalue weighted by Crippen LogP contribution is 2.19. The molecule has 0 saturated carbocycles. The maximum atomic E-state index is 12.0. The summed E-state index contributed by atoms with van der Waals surface area (Å²) >= 11 is 0. The van der Waals surface area contributed by atoms with Crippen LogP contribution in [0, 0.1) is 5.92 Å². The molecule has 0 radical (unpaired) electrons. The number of nitrogens with one attached hydrogen (secondary N) is 2. The third-order valence-electron chi connectivity index (χ3n) is 4.04. The fraction of sp³-hybridized carbons (Fsp3) is 0.882. The second-order valence-corrected chi connectivity index (χ2v) is 7.32. The number of carbonyl (C=O) groups excluding carboxylic acids is 1. The third kappa shape index (κ3) is 7.57. The lowest BCUT2D eigenvalue weighted by atomic mass is 9.97. The molecule has 1 atom stereocenters. The molecule has 1 amide bonds. The summed E-state index contributed by atoms with van der Waals surface area (Å²) < 4.78 is 5.43. The number of carbonyl (C=O) groups is 1. The normalized spacial score (nSPS) is 18.5. The van der Waals surface area contributed by atoms with Crippen LogP contribution in [-0.2, 0) is 4.74 Å². The van der Waals surface area contributed by atoms with E-state index in [0.717, 1.165) is 44.9 Å². The molecule has 0 aliphatic carbocycles. The first-order valence-corrected chi connectivity index (χ1v) is 8.70. The van der Waals surface area contributed by atoms with Gasteiger partial charge in [0.05, 0.1) is 0 Å². The molecule has 0 aromatic carbocycles. The van der Waals surface area contributed by atoms with Gasteiger partial charge in [-0.25, -0.2) is 4.79 Å². The molecule has 0 bridgehead atoms. The Balaban J connectivity index is 2.32. The number of aliphatic imine (C=N–C) groups is 1. The maximum absolute atomic E-state index is 12.0. The zero-order valence-corrected chi connectivity index (χ0v) is 15.6. The molecule has 1 saturated heterocycles. The van der Waals surface area contributed by atoms with Crippen molar-refractivity contribution in [1.29, 1.82) is 0 Å². The van der Waals surface area contributed by atoms with Crippen molar-refractivity contribution in [3.63, 3.8) is 0 Å². The highest BCUT2D eigenvalue weighted by Gasteiger charge is 2.26. The van der Waals surface area contributed by atoms with Gasteiger partial charge in [-0.2, -0.15) is 0 Å². The summed E-state index contributed by atoms with van der Waals surface area (Å²) in [7, 11) is 1.79. The van der Waals surface area contributed by atoms with E-state index in [1.165, 1.54) is 0 Å². The molecule has 134 valence electrons. The number of guanidine groups is 1. The standard InChI is InChI=1S/C17H34N4O2/c1-7-13(2)20-15(18-6)19-12-14-8-10-21(11-9-14)16(22)23-17(3,4)5/h13-14H,7-12H2,1-6H3,(H2,18,19,20). The van der Waals surface area contributed by atoms with E-state index < -0.39 is 5.60 Å². The molecular formula is C17H34N4O2. The van der Waals surface area contributed by atoms with E-state index in [1.807, 2.05) is 25.7 Å². The van der Waals surface area contributed by atoms with Crippen molar-refractivity contribution in [2.24, 2.45) is 10.9 Å². The van der Waals surface area contributed by atoms with Crippen molar-refractivity contribution >= 4 is 12.1 Å². The van der Waals surface area contributed by atoms with Crippen LogP contribution in [0.5, 0.6) is 0 Å². The van der Waals surface area contributed by atoms with E-state index >= 15 is 0 Å². The molecule has 1 unspecified atom stereocenters. The van der Waals surface area contributed by atoms with Gasteiger partial charge in [-0.1, -0.05) is 6.92 Å². The predicted molar refractivity (Wildman–Crippen MR) is 94.8 cm³/mol. The van der Waals surface area contributed by atoms with E-state index in [2.05, 4.69) is 29.5 Å². The number of likely N-dealkylation sites (tertiary alicyclic amines) is 1. The lowest BCUT2D eigenvalue weighted by Crippen LogP contribution is -2.46. The molecule has 1 rings (SSSR count). The van der Waals surface area contributed by atoms with Crippen molar-refractivity contribution in [3.05, 3.63) is 0 Å². The van der Waals surface area contributed by atoms with Gasteiger partial charge in [-0.05, 0) is 52.9 Å². The zero-order valence-electron chi connectivity index (χ0n) is 15.6. The summed E-state index contributed by atoms with van der Waals surface area (Å²) in [5, 5.41) is 6.75. The van der Waals surface area contributed by atoms with Gasteiger partial charge in [0.15, 0.2) is 5.96 Å². The lowest BCUT2D eigenvalue weighted by Gasteiger charge is -2.33. The third-order valence-corrected chi connectivity index (χ3v) is 4.04. The van der Waals surface area contributed by atoms with E-state index in [1.54, 1.807) is 7.05 Å². The van der Waals surface area contributed by atoms with Crippen molar-refractivity contribution < 1.29 is 9.53 Å². The van der Waals surface area contributed by atoms with Crippen LogP contribution >= 0.6 is 0 Å². The molecule has 1 aliphatic rings. The predicted octanol–water partition coefficient (Wildman–Crippen LogP) is 2.60. The lowest BCUT2D eigenvalue weighted by molar-refractivity contribution is 0.0185. The van der Waals surface area contributed by atoms with Crippen molar-refractivity contribution in [2.45, 2.75) is 65.5 Å². The summed E-state index contributed by atoms with van der Waals surface area (Å²) in [6.45, 7) is 12.4. The SMILES string of the molecule is CCC(C)NC(=NC)NCC1CCN(C(=O)OC(C)(C)C)CC1. The minimum Gasteiger partial charge on any atom is -0.444 e. The van der Waals surface area contributed by atoms with Gasteiger partial charge in [0.25, 0.3) is 0 Å². The molecule has 6 nitrogen and oxygen atoms in total. The second kappa shape index (κ2) is 8.99. The first kappa shape index (κ1) is 19.6. The number of hydrogen-bond acceptors (Lipinski definition) is 3. The summed E-state index contributed by atoms with van der Waals surface area (Å²) in [5.41, 5.74) is -0.427. The molecule has 2 N–H and O–H groups in total. The minimum atomic E-state index is -0.427. The van der Waals surface area contributed by atoms with Gasteiger partial charge < -0.3 is 20.3 Å². The number of amides is 1. The largest absolute Gasteiger partial charge is 0.444 e. The molecule has 23 heavy (non-hydrogen) atoms. The quantitative estimate of drug-likeness (QED) is 0.615. The molecule has 1 heterocycles. The van der Waals surface area contributed by atoms with Gasteiger partial charge in [0.2, 0.25) is 0 Å². The van der Waals surface area contributed by atoms with E-state index in [0.29, 0.717) is 12.0 Å². The van der Waals surface area contributed by atoms with E-state index in [-0.39, 0.29) is 6.09 Å². The van der Waals surface area contributed by atoms with Crippen LogP contribution in [-0.4, -0.2) is 55.3 Å². The Kier molecular flexibility index (Phi) is 7.65. The highest BCUT2D eigenvalue weighted by molar-refractivity contribution is 5.79. The first-order valence-electron chi connectivity index (χ1n) is 8.70. The van der Waals surface area contributed by atoms with Gasteiger partial charge in [0, 0.05) is 32.7 Å². The monoisotopic (exact) mass is 326 g/mol. The Hall–Kier alpha value is -1.46. The summed E-state index contributed by atoms with van der Waals surface area (Å²) in [5.74, 6) is 1.41. The smallest absolute Gasteiger partial charge is 0.410 e. The van der Waals surface area contributed by atoms with Crippen LogP contribution in [0.4, 0.5) is 4.79 Å². The van der Waals surface area contributed by atoms with E-state index in [9.17, 15) is 4.79 Å². The van der Waals surface area contributed by atoms with Gasteiger partial charge in [-0.3, -0.25) is 4.99 Å². The van der Waals surface area contributed by atoms with Crippen LogP contribution in [0.3, 0.4) is 0 Å². The van der Waals surface area contributed by atoms with Crippen LogP contribution in [0.1, 0.15) is 53.9 Å². The van der Waals surface area contributed by atoms with Crippen LogP contribution < -0.4 is 10.6 Å². The second-order valence-electron chi connectivity index (χ2n) is 7.32. The molecule has 0 spiro atoms. The highest BCUT2D eigenvalue weighted by atomic mass is 16.6. The van der Waals surface area contributed by atoms with Crippen molar-refractivity contribution in [1.82, 2.24) is 15.5 Å². The Morgan fingerprint density at radius 2 is 1.96 bits per heavy atom. The Bertz CT molecular complexity index is 396. The Labute approximate surface area is 141 Å². The van der Waals surface area contributed by atoms with Crippen LogP contribution in [0.25, 0.3) is 0 Å². The van der Waals surface area contributed by atoms with E-state index in [4.69, 9.17) is 4.74 Å². The number of nitrogens with zero attached hydrogens (tertiary/aromatic N) is 2. The van der Waals surface area contributed by atoms with Gasteiger partial charge >= 0.3 is 6.09 Å². The fourth-order valence-electron chi connectivity index (χ4n) is 2.42. The Morgan fingerprint density at radius 1 is 1.35 bits per heavy atom. The molecule has 6 heteroatoms. The van der Waals surface area contributed by atoms with Gasteiger partial charge in [-0.15, -0.1) is 0 Å². The van der Waals surface area contributed by atoms with Crippen molar-refractivity contribution in [3.8, 4) is 0 Å². The summed E-state index contributed by atoms with van der Waals surface area (Å²) in [4.78, 5) is 18.1. The van der Waals surface area contributed by atoms with Crippen LogP contribution in [0.15, 0.2) is 4.99 Å². The average molecular weight is 326 g/mol. The number of piperidine rings is 1. The summed E-state index contributed by atoms with van der Waals surface area (Å²) in [6, 6.07) is 0.412. The number of hydrogen-bond donors (Lipinski definition) is 2. The summed E-state index contributed by atoms with van der Waals surface area (Å²) in [6.07, 6.45) is 2.85. The average Bonchev–Trinajstić information content (AvgIpc) is 2.49. The fourth-order valence-corrected chi connectivity index (χ4v) is 2.42. The molecule has 1 fully saturated rings. The maximum Gasteiger partial charge on any atom is 0.410 e. The first-order chi connectivity index (χ1) is 10.7. The van der Waals surface area contributed by atoms with Crippen molar-refractivity contribution in [2.75, 3.05) is 26.7 Å².